The standard InChI is InChI=1S/C34H40N2Si/c1-8-20-35(21-9-2)27-16-18-30-32(24-27)37(6,7)33-25-28(36(22-10-3)23-11-4)17-19-31(33)34(30)29-15-13-12-14-26(29)5/h8-19,24-25,34H,1-4,20-23H2,5-7H3. The summed E-state index contributed by atoms with van der Waals surface area (Å²) in [4.78, 5) is 4.69. The van der Waals surface area contributed by atoms with Gasteiger partial charge in [0.15, 0.2) is 0 Å². The van der Waals surface area contributed by atoms with E-state index in [1.54, 1.807) is 0 Å². The van der Waals surface area contributed by atoms with E-state index < -0.39 is 8.07 Å². The lowest BCUT2D eigenvalue weighted by molar-refractivity contribution is 0.938. The highest BCUT2D eigenvalue weighted by Gasteiger charge is 2.40. The molecule has 1 aliphatic heterocycles. The average Bonchev–Trinajstić information content (AvgIpc) is 2.89. The third kappa shape index (κ3) is 5.01. The van der Waals surface area contributed by atoms with E-state index in [-0.39, 0.29) is 5.92 Å². The summed E-state index contributed by atoms with van der Waals surface area (Å²) in [6.45, 7) is 26.4. The van der Waals surface area contributed by atoms with Crippen molar-refractivity contribution in [1.29, 1.82) is 0 Å². The molecule has 3 aromatic carbocycles. The van der Waals surface area contributed by atoms with Gasteiger partial charge in [0, 0.05) is 43.5 Å². The summed E-state index contributed by atoms with van der Waals surface area (Å²) < 4.78 is 0. The maximum atomic E-state index is 3.99. The van der Waals surface area contributed by atoms with Crippen molar-refractivity contribution in [2.45, 2.75) is 25.9 Å². The molecule has 0 spiro atoms. The Labute approximate surface area is 225 Å². The van der Waals surface area contributed by atoms with E-state index in [0.29, 0.717) is 0 Å². The predicted molar refractivity (Wildman–Crippen MR) is 167 cm³/mol. The van der Waals surface area contributed by atoms with Gasteiger partial charge in [0.1, 0.15) is 8.07 Å². The SMILES string of the molecule is C=CCN(CC=C)c1ccc2c(c1)[Si](C)(C)c1cc(N(CC=C)CC=C)ccc1C2c1ccccc1C. The van der Waals surface area contributed by atoms with Gasteiger partial charge in [-0.1, -0.05) is 73.8 Å². The first-order valence-electron chi connectivity index (χ1n) is 13.1. The second-order valence-corrected chi connectivity index (χ2v) is 14.7. The largest absolute Gasteiger partial charge is 0.364 e. The minimum Gasteiger partial charge on any atom is -0.364 e. The first kappa shape index (κ1) is 26.5. The molecule has 3 heteroatoms. The Bertz CT molecular complexity index is 1220. The van der Waals surface area contributed by atoms with Crippen molar-refractivity contribution in [1.82, 2.24) is 0 Å². The minimum absolute atomic E-state index is 0.217. The van der Waals surface area contributed by atoms with Gasteiger partial charge in [-0.3, -0.25) is 0 Å². The number of rotatable bonds is 11. The molecule has 37 heavy (non-hydrogen) atoms. The Morgan fingerprint density at radius 1 is 0.649 bits per heavy atom. The lowest BCUT2D eigenvalue weighted by Gasteiger charge is -2.40. The molecular weight excluding hydrogens is 464 g/mol. The van der Waals surface area contributed by atoms with Crippen LogP contribution in [-0.4, -0.2) is 34.3 Å². The molecule has 0 radical (unpaired) electrons. The van der Waals surface area contributed by atoms with Gasteiger partial charge < -0.3 is 9.80 Å². The van der Waals surface area contributed by atoms with Crippen LogP contribution in [-0.2, 0) is 0 Å². The molecule has 3 aromatic rings. The third-order valence-electron chi connectivity index (χ3n) is 7.67. The number of anilines is 2. The van der Waals surface area contributed by atoms with Gasteiger partial charge >= 0.3 is 0 Å². The highest BCUT2D eigenvalue weighted by molar-refractivity contribution is 7.01. The molecule has 1 heterocycles. The molecule has 0 aromatic heterocycles. The molecule has 0 N–H and O–H groups in total. The first-order chi connectivity index (χ1) is 17.9. The highest BCUT2D eigenvalue weighted by Crippen LogP contribution is 2.39. The Balaban J connectivity index is 1.97. The van der Waals surface area contributed by atoms with E-state index in [0.717, 1.165) is 26.2 Å². The monoisotopic (exact) mass is 504 g/mol. The Kier molecular flexibility index (Phi) is 8.04. The van der Waals surface area contributed by atoms with Gasteiger partial charge in [-0.05, 0) is 63.8 Å². The molecule has 0 saturated heterocycles. The van der Waals surface area contributed by atoms with Crippen LogP contribution in [0.25, 0.3) is 0 Å². The van der Waals surface area contributed by atoms with E-state index in [4.69, 9.17) is 0 Å². The zero-order valence-corrected chi connectivity index (χ0v) is 23.7. The summed E-state index contributed by atoms with van der Waals surface area (Å²) in [6, 6.07) is 23.1. The van der Waals surface area contributed by atoms with Gasteiger partial charge in [0.2, 0.25) is 0 Å². The van der Waals surface area contributed by atoms with Gasteiger partial charge in [-0.15, -0.1) is 26.3 Å². The van der Waals surface area contributed by atoms with Gasteiger partial charge in [0.05, 0.1) is 0 Å². The summed E-state index contributed by atoms with van der Waals surface area (Å²) >= 11 is 0. The fourth-order valence-electron chi connectivity index (χ4n) is 5.82. The molecule has 190 valence electrons. The van der Waals surface area contributed by atoms with E-state index >= 15 is 0 Å². The van der Waals surface area contributed by atoms with Crippen LogP contribution in [0.3, 0.4) is 0 Å². The number of fused-ring (bicyclic) bond motifs is 2. The molecule has 0 saturated carbocycles. The Hall–Kier alpha value is -3.56. The quantitative estimate of drug-likeness (QED) is 0.213. The molecule has 0 bridgehead atoms. The van der Waals surface area contributed by atoms with Crippen molar-refractivity contribution >= 4 is 29.8 Å². The number of benzene rings is 3. The zero-order valence-electron chi connectivity index (χ0n) is 22.7. The van der Waals surface area contributed by atoms with Crippen LogP contribution in [0, 0.1) is 6.92 Å². The van der Waals surface area contributed by atoms with Crippen LogP contribution in [0.15, 0.2) is 111 Å². The molecular formula is C34H40N2Si. The molecule has 0 fully saturated rings. The topological polar surface area (TPSA) is 6.48 Å². The maximum Gasteiger partial charge on any atom is 0.113 e. The highest BCUT2D eigenvalue weighted by atomic mass is 28.3. The predicted octanol–water partition coefficient (Wildman–Crippen LogP) is 6.67. The molecule has 0 unspecified atom stereocenters. The summed E-state index contributed by atoms with van der Waals surface area (Å²) in [5.74, 6) is 0.217. The minimum atomic E-state index is -2.03. The molecule has 0 atom stereocenters. The van der Waals surface area contributed by atoms with Crippen molar-refractivity contribution in [3.05, 3.63) is 134 Å². The van der Waals surface area contributed by atoms with E-state index in [9.17, 15) is 0 Å². The van der Waals surface area contributed by atoms with Crippen molar-refractivity contribution in [3.63, 3.8) is 0 Å². The molecule has 2 nitrogen and oxygen atoms in total. The fourth-order valence-corrected chi connectivity index (χ4v) is 9.03. The van der Waals surface area contributed by atoms with Gasteiger partial charge in [0.25, 0.3) is 0 Å². The number of aryl methyl sites for hydroxylation is 1. The number of hydrogen-bond acceptors (Lipinski definition) is 2. The lowest BCUT2D eigenvalue weighted by Crippen LogP contribution is -2.59. The smallest absolute Gasteiger partial charge is 0.113 e. The van der Waals surface area contributed by atoms with Crippen LogP contribution in [0.4, 0.5) is 11.4 Å². The zero-order chi connectivity index (χ0) is 26.6. The number of nitrogens with zero attached hydrogens (tertiary/aromatic N) is 2. The summed E-state index contributed by atoms with van der Waals surface area (Å²) in [5, 5.41) is 3.03. The van der Waals surface area contributed by atoms with E-state index in [2.05, 4.69) is 117 Å². The van der Waals surface area contributed by atoms with Crippen LogP contribution in [0.5, 0.6) is 0 Å². The van der Waals surface area contributed by atoms with Gasteiger partial charge in [-0.25, -0.2) is 0 Å². The molecule has 0 aliphatic carbocycles. The first-order valence-corrected chi connectivity index (χ1v) is 16.1. The van der Waals surface area contributed by atoms with Gasteiger partial charge in [-0.2, -0.15) is 0 Å². The summed E-state index contributed by atoms with van der Waals surface area (Å²) in [5.41, 5.74) is 8.09. The van der Waals surface area contributed by atoms with Crippen molar-refractivity contribution in [3.8, 4) is 0 Å². The Morgan fingerprint density at radius 2 is 1.08 bits per heavy atom. The average molecular weight is 505 g/mol. The van der Waals surface area contributed by atoms with Crippen molar-refractivity contribution < 1.29 is 0 Å². The van der Waals surface area contributed by atoms with E-state index in [1.807, 2.05) is 24.3 Å². The third-order valence-corrected chi connectivity index (χ3v) is 11.2. The van der Waals surface area contributed by atoms with Crippen LogP contribution in [0.1, 0.15) is 28.2 Å². The van der Waals surface area contributed by atoms with Crippen LogP contribution >= 0.6 is 0 Å². The molecule has 4 rings (SSSR count). The fraction of sp³-hybridized carbons (Fsp3) is 0.235. The maximum absolute atomic E-state index is 3.99. The molecule has 1 aliphatic rings. The lowest BCUT2D eigenvalue weighted by atomic mass is 9.82. The van der Waals surface area contributed by atoms with Crippen molar-refractivity contribution in [2.24, 2.45) is 0 Å². The second-order valence-electron chi connectivity index (χ2n) is 10.4. The van der Waals surface area contributed by atoms with Crippen LogP contribution < -0.4 is 20.2 Å². The second kappa shape index (κ2) is 11.2. The van der Waals surface area contributed by atoms with E-state index in [1.165, 1.54) is 44.0 Å². The molecule has 0 amide bonds. The normalized spacial score (nSPS) is 13.7. The van der Waals surface area contributed by atoms with Crippen LogP contribution in [0.2, 0.25) is 13.1 Å². The Morgan fingerprint density at radius 3 is 1.49 bits per heavy atom. The summed E-state index contributed by atoms with van der Waals surface area (Å²) in [7, 11) is -2.03. The van der Waals surface area contributed by atoms with Crippen molar-refractivity contribution in [2.75, 3.05) is 36.0 Å². The number of hydrogen-bond donors (Lipinski definition) is 0. The summed E-state index contributed by atoms with van der Waals surface area (Å²) in [6.07, 6.45) is 7.88.